The molecule has 1 aromatic rings. The summed E-state index contributed by atoms with van der Waals surface area (Å²) in [6.45, 7) is 14.3. The lowest BCUT2D eigenvalue weighted by molar-refractivity contribution is 1.37. The normalized spacial score (nSPS) is 9.63. The van der Waals surface area contributed by atoms with Crippen LogP contribution in [0.2, 0.25) is 0 Å². The molecule has 0 bridgehead atoms. The summed E-state index contributed by atoms with van der Waals surface area (Å²) in [5.74, 6) is 0. The van der Waals surface area contributed by atoms with Gasteiger partial charge in [-0.3, -0.25) is 0 Å². The van der Waals surface area contributed by atoms with Crippen molar-refractivity contribution in [3.05, 3.63) is 65.8 Å². The van der Waals surface area contributed by atoms with Crippen LogP contribution >= 0.6 is 12.6 Å². The zero-order chi connectivity index (χ0) is 15.3. The summed E-state index contributed by atoms with van der Waals surface area (Å²) in [5.41, 5.74) is 4.84. The highest BCUT2D eigenvalue weighted by Gasteiger charge is 1.99. The Morgan fingerprint density at radius 1 is 1.11 bits per heavy atom. The van der Waals surface area contributed by atoms with Gasteiger partial charge < -0.3 is 0 Å². The van der Waals surface area contributed by atoms with Crippen LogP contribution in [0.25, 0.3) is 5.57 Å². The van der Waals surface area contributed by atoms with Crippen LogP contribution in [0.5, 0.6) is 0 Å². The van der Waals surface area contributed by atoms with Gasteiger partial charge in [-0.05, 0) is 43.7 Å². The number of thiol groups is 1. The smallest absolute Gasteiger partial charge is 0.0158 e. The summed E-state index contributed by atoms with van der Waals surface area (Å²) in [4.78, 5) is 0. The second-order valence-corrected chi connectivity index (χ2v) is 3.73. The third-order valence-electron chi connectivity index (χ3n) is 2.34. The first-order valence-corrected chi connectivity index (χ1v) is 7.55. The Bertz CT molecular complexity index is 412. The van der Waals surface area contributed by atoms with Gasteiger partial charge in [0, 0.05) is 0 Å². The minimum atomic E-state index is 1.06. The molecule has 0 unspecified atom stereocenters. The number of rotatable bonds is 3. The lowest BCUT2D eigenvalue weighted by Crippen LogP contribution is -1.86. The van der Waals surface area contributed by atoms with E-state index in [1.807, 2.05) is 45.1 Å². The molecule has 0 atom stereocenters. The molecule has 0 N–H and O–H groups in total. The Morgan fingerprint density at radius 2 is 1.68 bits per heavy atom. The number of hydrogen-bond acceptors (Lipinski definition) is 1. The van der Waals surface area contributed by atoms with Gasteiger partial charge in [-0.1, -0.05) is 68.5 Å². The maximum absolute atomic E-state index is 4.08. The highest BCUT2D eigenvalue weighted by Crippen LogP contribution is 2.19. The van der Waals surface area contributed by atoms with E-state index in [1.54, 1.807) is 6.26 Å². The van der Waals surface area contributed by atoms with E-state index in [0.29, 0.717) is 0 Å². The second kappa shape index (κ2) is 13.2. The Hall–Kier alpha value is -1.21. The molecule has 0 aliphatic carbocycles. The van der Waals surface area contributed by atoms with Gasteiger partial charge in [-0.25, -0.2) is 0 Å². The van der Waals surface area contributed by atoms with Crippen LogP contribution in [0, 0.1) is 13.8 Å². The zero-order valence-electron chi connectivity index (χ0n) is 13.2. The van der Waals surface area contributed by atoms with E-state index in [-0.39, 0.29) is 0 Å². The van der Waals surface area contributed by atoms with E-state index in [4.69, 9.17) is 0 Å². The van der Waals surface area contributed by atoms with Crippen molar-refractivity contribution < 1.29 is 0 Å². The molecule has 1 rings (SSSR count). The first-order valence-electron chi connectivity index (χ1n) is 6.65. The van der Waals surface area contributed by atoms with Gasteiger partial charge in [0.1, 0.15) is 0 Å². The van der Waals surface area contributed by atoms with Crippen molar-refractivity contribution in [1.82, 2.24) is 0 Å². The molecular formula is C18H28S. The molecule has 0 saturated heterocycles. The number of benzene rings is 1. The van der Waals surface area contributed by atoms with Crippen molar-refractivity contribution in [3.8, 4) is 0 Å². The van der Waals surface area contributed by atoms with Crippen LogP contribution in [0.1, 0.15) is 37.5 Å². The van der Waals surface area contributed by atoms with Gasteiger partial charge in [0.2, 0.25) is 0 Å². The largest absolute Gasteiger partial charge is 0.183 e. The fourth-order valence-corrected chi connectivity index (χ4v) is 1.45. The maximum Gasteiger partial charge on any atom is -0.0158 e. The molecule has 0 heterocycles. The number of hydrogen-bond donors (Lipinski definition) is 1. The first-order chi connectivity index (χ1) is 9.15. The van der Waals surface area contributed by atoms with E-state index in [2.05, 4.69) is 51.3 Å². The van der Waals surface area contributed by atoms with Crippen LogP contribution < -0.4 is 0 Å². The molecule has 1 aromatic carbocycles. The zero-order valence-corrected chi connectivity index (χ0v) is 14.1. The van der Waals surface area contributed by atoms with Gasteiger partial charge in [-0.2, -0.15) is 12.6 Å². The molecule has 0 aromatic heterocycles. The van der Waals surface area contributed by atoms with Crippen LogP contribution in [-0.2, 0) is 0 Å². The monoisotopic (exact) mass is 276 g/mol. The first kappa shape index (κ1) is 20.1. The van der Waals surface area contributed by atoms with E-state index in [9.17, 15) is 0 Å². The average molecular weight is 276 g/mol. The fourth-order valence-electron chi connectivity index (χ4n) is 1.45. The molecule has 1 heteroatoms. The maximum atomic E-state index is 4.08. The summed E-state index contributed by atoms with van der Waals surface area (Å²) in [6, 6.07) is 6.44. The van der Waals surface area contributed by atoms with Crippen molar-refractivity contribution in [2.45, 2.75) is 34.6 Å². The standard InChI is InChI=1S/C15H18.C2H6.CH4S/c1-5-6-7-8-13(3)15-11-12(2)9-10-14(15)4;2*1-2/h5-11H,3H2,1-2,4H3;1-2H3;2H,1H3/b6-5-,8-7-;;. The van der Waals surface area contributed by atoms with Gasteiger partial charge in [0.05, 0.1) is 0 Å². The van der Waals surface area contributed by atoms with Crippen molar-refractivity contribution in [1.29, 1.82) is 0 Å². The van der Waals surface area contributed by atoms with Crippen molar-refractivity contribution in [2.24, 2.45) is 0 Å². The minimum Gasteiger partial charge on any atom is -0.183 e. The highest BCUT2D eigenvalue weighted by molar-refractivity contribution is 7.79. The van der Waals surface area contributed by atoms with Crippen molar-refractivity contribution >= 4 is 18.2 Å². The molecule has 0 fully saturated rings. The Labute approximate surface area is 125 Å². The third kappa shape index (κ3) is 8.50. The van der Waals surface area contributed by atoms with Crippen molar-refractivity contribution in [3.63, 3.8) is 0 Å². The third-order valence-corrected chi connectivity index (χ3v) is 2.34. The summed E-state index contributed by atoms with van der Waals surface area (Å²) in [5, 5.41) is 0. The van der Waals surface area contributed by atoms with Crippen LogP contribution in [0.3, 0.4) is 0 Å². The quantitative estimate of drug-likeness (QED) is 0.506. The van der Waals surface area contributed by atoms with E-state index >= 15 is 0 Å². The van der Waals surface area contributed by atoms with Gasteiger partial charge in [0.15, 0.2) is 0 Å². The summed E-state index contributed by atoms with van der Waals surface area (Å²) >= 11 is 3.53. The highest BCUT2D eigenvalue weighted by atomic mass is 32.1. The predicted octanol–water partition coefficient (Wildman–Crippen LogP) is 6.02. The Balaban J connectivity index is 0. The molecule has 0 aliphatic heterocycles. The summed E-state index contributed by atoms with van der Waals surface area (Å²) in [6.07, 6.45) is 9.77. The van der Waals surface area contributed by atoms with Gasteiger partial charge >= 0.3 is 0 Å². The van der Waals surface area contributed by atoms with Crippen molar-refractivity contribution in [2.75, 3.05) is 6.26 Å². The topological polar surface area (TPSA) is 0 Å². The predicted molar refractivity (Wildman–Crippen MR) is 95.2 cm³/mol. The van der Waals surface area contributed by atoms with Gasteiger partial charge in [-0.15, -0.1) is 0 Å². The fraction of sp³-hybridized carbons (Fsp3) is 0.333. The van der Waals surface area contributed by atoms with E-state index in [1.165, 1.54) is 16.7 Å². The van der Waals surface area contributed by atoms with E-state index < -0.39 is 0 Å². The van der Waals surface area contributed by atoms with Gasteiger partial charge in [0.25, 0.3) is 0 Å². The Kier molecular flexibility index (Phi) is 14.0. The molecule has 0 radical (unpaired) electrons. The average Bonchev–Trinajstić information content (AvgIpc) is 2.46. The summed E-state index contributed by atoms with van der Waals surface area (Å²) < 4.78 is 0. The summed E-state index contributed by atoms with van der Waals surface area (Å²) in [7, 11) is 0. The molecule has 0 aliphatic rings. The van der Waals surface area contributed by atoms with Crippen LogP contribution in [0.4, 0.5) is 0 Å². The molecule has 0 spiro atoms. The molecule has 0 saturated carbocycles. The number of allylic oxidation sites excluding steroid dienone is 5. The lowest BCUT2D eigenvalue weighted by Gasteiger charge is -2.06. The van der Waals surface area contributed by atoms with E-state index in [0.717, 1.165) is 5.57 Å². The molecule has 0 amide bonds. The number of aryl methyl sites for hydroxylation is 2. The minimum absolute atomic E-state index is 1.06. The SMILES string of the molecule is C=C(/C=C\C=C/C)c1cc(C)ccc1C.CC.CS. The Morgan fingerprint density at radius 3 is 2.21 bits per heavy atom. The van der Waals surface area contributed by atoms with Crippen LogP contribution in [-0.4, -0.2) is 6.26 Å². The molecular weight excluding hydrogens is 248 g/mol. The molecule has 0 nitrogen and oxygen atoms in total. The lowest BCUT2D eigenvalue weighted by atomic mass is 9.99. The second-order valence-electron chi connectivity index (χ2n) is 3.73. The van der Waals surface area contributed by atoms with Crippen LogP contribution in [0.15, 0.2) is 49.1 Å². The molecule has 19 heavy (non-hydrogen) atoms. The molecule has 106 valence electrons.